The Morgan fingerprint density at radius 3 is 2.34 bits per heavy atom. The van der Waals surface area contributed by atoms with Crippen LogP contribution in [0.5, 0.6) is 0 Å². The molecule has 38 heavy (non-hydrogen) atoms. The van der Waals surface area contributed by atoms with Crippen LogP contribution in [0.2, 0.25) is 0 Å². The van der Waals surface area contributed by atoms with E-state index in [2.05, 4.69) is 5.32 Å². The normalized spacial score (nSPS) is 16.2. The average molecular weight is 538 g/mol. The van der Waals surface area contributed by atoms with Gasteiger partial charge in [-0.15, -0.1) is 0 Å². The number of halogens is 4. The number of likely N-dealkylation sites (tertiary alicyclic amines) is 1. The molecule has 1 aliphatic rings. The minimum Gasteiger partial charge on any atom is -0.444 e. The van der Waals surface area contributed by atoms with Crippen LogP contribution in [0, 0.1) is 5.82 Å². The van der Waals surface area contributed by atoms with Crippen molar-refractivity contribution in [2.75, 3.05) is 23.3 Å². The first-order valence-electron chi connectivity index (χ1n) is 12.8. The quantitative estimate of drug-likeness (QED) is 0.387. The van der Waals surface area contributed by atoms with Crippen molar-refractivity contribution in [3.8, 4) is 0 Å². The predicted molar refractivity (Wildman–Crippen MR) is 138 cm³/mol. The van der Waals surface area contributed by atoms with E-state index in [-0.39, 0.29) is 17.9 Å². The standard InChI is InChI=1S/C28H35F4N3O3/c1-5-15-34(18-19-9-11-20(12-10-19)28(30,31)32)23-14-13-21(17-22(23)29)33-25(36)24-8-6-7-16-35(24)26(37)38-27(2,3)4/h9-14,17,24H,5-8,15-16,18H2,1-4H3,(H,33,36)/t24-/m1/s1. The zero-order valence-electron chi connectivity index (χ0n) is 22.2. The average Bonchev–Trinajstić information content (AvgIpc) is 2.82. The van der Waals surface area contributed by atoms with Gasteiger partial charge in [0.15, 0.2) is 0 Å². The van der Waals surface area contributed by atoms with Crippen LogP contribution in [0.25, 0.3) is 0 Å². The van der Waals surface area contributed by atoms with Crippen LogP contribution in [0.3, 0.4) is 0 Å². The molecule has 0 unspecified atom stereocenters. The zero-order chi connectivity index (χ0) is 28.1. The van der Waals surface area contributed by atoms with Crippen LogP contribution < -0.4 is 10.2 Å². The fourth-order valence-corrected chi connectivity index (χ4v) is 4.38. The maximum Gasteiger partial charge on any atom is 0.416 e. The summed E-state index contributed by atoms with van der Waals surface area (Å²) in [5.41, 5.74) is -0.297. The minimum absolute atomic E-state index is 0.224. The van der Waals surface area contributed by atoms with E-state index in [4.69, 9.17) is 4.74 Å². The van der Waals surface area contributed by atoms with Gasteiger partial charge >= 0.3 is 12.3 Å². The van der Waals surface area contributed by atoms with E-state index in [1.807, 2.05) is 6.92 Å². The van der Waals surface area contributed by atoms with E-state index in [9.17, 15) is 22.8 Å². The Balaban J connectivity index is 1.72. The SMILES string of the molecule is CCCN(Cc1ccc(C(F)(F)F)cc1)c1ccc(NC(=O)[C@H]2CCCCN2C(=O)OC(C)(C)C)cc1F. The summed E-state index contributed by atoms with van der Waals surface area (Å²) in [6.07, 6.45) is -2.27. The number of hydrogen-bond acceptors (Lipinski definition) is 4. The first-order valence-corrected chi connectivity index (χ1v) is 12.8. The molecule has 1 heterocycles. The molecule has 10 heteroatoms. The number of anilines is 2. The highest BCUT2D eigenvalue weighted by atomic mass is 19.4. The van der Waals surface area contributed by atoms with E-state index in [1.54, 1.807) is 31.7 Å². The number of piperidine rings is 1. The fraction of sp³-hybridized carbons (Fsp3) is 0.500. The van der Waals surface area contributed by atoms with Gasteiger partial charge in [-0.05, 0) is 82.3 Å². The summed E-state index contributed by atoms with van der Waals surface area (Å²) in [5, 5.41) is 2.71. The van der Waals surface area contributed by atoms with Gasteiger partial charge in [-0.25, -0.2) is 9.18 Å². The highest BCUT2D eigenvalue weighted by molar-refractivity contribution is 5.96. The molecule has 1 N–H and O–H groups in total. The third-order valence-electron chi connectivity index (χ3n) is 6.14. The molecule has 0 spiro atoms. The van der Waals surface area contributed by atoms with E-state index in [1.165, 1.54) is 29.2 Å². The van der Waals surface area contributed by atoms with Crippen molar-refractivity contribution in [3.05, 3.63) is 59.4 Å². The molecule has 1 aliphatic heterocycles. The highest BCUT2D eigenvalue weighted by Crippen LogP contribution is 2.30. The molecule has 3 rings (SSSR count). The fourth-order valence-electron chi connectivity index (χ4n) is 4.38. The Hall–Kier alpha value is -3.30. The number of hydrogen-bond donors (Lipinski definition) is 1. The molecular weight excluding hydrogens is 502 g/mol. The third-order valence-corrected chi connectivity index (χ3v) is 6.14. The number of alkyl halides is 3. The van der Waals surface area contributed by atoms with Gasteiger partial charge < -0.3 is 15.0 Å². The molecule has 208 valence electrons. The van der Waals surface area contributed by atoms with Crippen LogP contribution >= 0.6 is 0 Å². The van der Waals surface area contributed by atoms with Crippen molar-refractivity contribution < 1.29 is 31.9 Å². The second-order valence-electron chi connectivity index (χ2n) is 10.5. The van der Waals surface area contributed by atoms with Gasteiger partial charge in [0.1, 0.15) is 17.5 Å². The van der Waals surface area contributed by atoms with Crippen LogP contribution in [-0.2, 0) is 22.3 Å². The molecule has 0 bridgehead atoms. The third kappa shape index (κ3) is 7.85. The molecule has 1 atom stereocenters. The van der Waals surface area contributed by atoms with E-state index >= 15 is 4.39 Å². The molecular formula is C28H35F4N3O3. The summed E-state index contributed by atoms with van der Waals surface area (Å²) in [6.45, 7) is 8.30. The second-order valence-corrected chi connectivity index (χ2v) is 10.5. The molecule has 2 aromatic rings. The van der Waals surface area contributed by atoms with Crippen molar-refractivity contribution in [1.29, 1.82) is 0 Å². The Morgan fingerprint density at radius 1 is 1.08 bits per heavy atom. The van der Waals surface area contributed by atoms with Gasteiger partial charge in [-0.3, -0.25) is 9.69 Å². The van der Waals surface area contributed by atoms with Gasteiger partial charge in [0.05, 0.1) is 11.3 Å². The number of benzene rings is 2. The molecule has 1 fully saturated rings. The minimum atomic E-state index is -4.42. The van der Waals surface area contributed by atoms with Crippen molar-refractivity contribution in [2.24, 2.45) is 0 Å². The monoisotopic (exact) mass is 537 g/mol. The van der Waals surface area contributed by atoms with Crippen molar-refractivity contribution >= 4 is 23.4 Å². The lowest BCUT2D eigenvalue weighted by atomic mass is 10.0. The number of amides is 2. The molecule has 0 saturated carbocycles. The molecule has 0 radical (unpaired) electrons. The summed E-state index contributed by atoms with van der Waals surface area (Å²) in [7, 11) is 0. The summed E-state index contributed by atoms with van der Waals surface area (Å²) in [4.78, 5) is 28.8. The number of rotatable bonds is 7. The number of carbonyl (C=O) groups excluding carboxylic acids is 2. The lowest BCUT2D eigenvalue weighted by Gasteiger charge is -2.35. The van der Waals surface area contributed by atoms with Crippen LogP contribution in [0.15, 0.2) is 42.5 Å². The smallest absolute Gasteiger partial charge is 0.416 e. The lowest BCUT2D eigenvalue weighted by molar-refractivity contribution is -0.137. The van der Waals surface area contributed by atoms with Gasteiger partial charge in [-0.1, -0.05) is 19.1 Å². The largest absolute Gasteiger partial charge is 0.444 e. The Bertz CT molecular complexity index is 1110. The highest BCUT2D eigenvalue weighted by Gasteiger charge is 2.35. The summed E-state index contributed by atoms with van der Waals surface area (Å²) in [5.74, 6) is -0.992. The van der Waals surface area contributed by atoms with E-state index < -0.39 is 41.2 Å². The van der Waals surface area contributed by atoms with Gasteiger partial charge in [0.2, 0.25) is 5.91 Å². The molecule has 2 amide bonds. The molecule has 2 aromatic carbocycles. The zero-order valence-corrected chi connectivity index (χ0v) is 22.2. The maximum atomic E-state index is 15.2. The predicted octanol–water partition coefficient (Wildman–Crippen LogP) is 6.99. The molecule has 6 nitrogen and oxygen atoms in total. The van der Waals surface area contributed by atoms with Crippen molar-refractivity contribution in [2.45, 2.75) is 77.7 Å². The Morgan fingerprint density at radius 2 is 1.76 bits per heavy atom. The Labute approximate surface area is 220 Å². The van der Waals surface area contributed by atoms with Gasteiger partial charge in [-0.2, -0.15) is 13.2 Å². The van der Waals surface area contributed by atoms with Gasteiger partial charge in [0.25, 0.3) is 0 Å². The summed E-state index contributed by atoms with van der Waals surface area (Å²) < 4.78 is 59.3. The first kappa shape index (κ1) is 29.3. The number of nitrogens with zero attached hydrogens (tertiary/aromatic N) is 2. The maximum absolute atomic E-state index is 15.2. The van der Waals surface area contributed by atoms with Crippen molar-refractivity contribution in [1.82, 2.24) is 4.90 Å². The number of carbonyl (C=O) groups is 2. The van der Waals surface area contributed by atoms with Crippen LogP contribution in [0.4, 0.5) is 33.7 Å². The summed E-state index contributed by atoms with van der Waals surface area (Å²) >= 11 is 0. The Kier molecular flexibility index (Phi) is 9.27. The van der Waals surface area contributed by atoms with E-state index in [0.29, 0.717) is 31.5 Å². The van der Waals surface area contributed by atoms with Gasteiger partial charge in [0, 0.05) is 25.3 Å². The molecule has 0 aromatic heterocycles. The first-order chi connectivity index (χ1) is 17.8. The number of nitrogens with one attached hydrogen (secondary N) is 1. The van der Waals surface area contributed by atoms with E-state index in [0.717, 1.165) is 25.0 Å². The second kappa shape index (κ2) is 12.0. The van der Waals surface area contributed by atoms with Crippen LogP contribution in [0.1, 0.15) is 64.5 Å². The number of ether oxygens (including phenoxy) is 1. The lowest BCUT2D eigenvalue weighted by Crippen LogP contribution is -2.51. The topological polar surface area (TPSA) is 61.9 Å². The van der Waals surface area contributed by atoms with Crippen molar-refractivity contribution in [3.63, 3.8) is 0 Å². The molecule has 0 aliphatic carbocycles. The van der Waals surface area contributed by atoms with Crippen LogP contribution in [-0.4, -0.2) is 41.6 Å². The summed E-state index contributed by atoms with van der Waals surface area (Å²) in [6, 6.07) is 8.41. The molecule has 1 saturated heterocycles.